The third kappa shape index (κ3) is 3.68. The normalized spacial score (nSPS) is 17.1. The monoisotopic (exact) mass is 381 g/mol. The van der Waals surface area contributed by atoms with Crippen LogP contribution >= 0.6 is 0 Å². The maximum Gasteiger partial charge on any atom is 0.261 e. The van der Waals surface area contributed by atoms with Gasteiger partial charge in [0.2, 0.25) is 0 Å². The summed E-state index contributed by atoms with van der Waals surface area (Å²) >= 11 is 0. The Morgan fingerprint density at radius 3 is 2.82 bits per heavy atom. The van der Waals surface area contributed by atoms with Gasteiger partial charge in [-0.2, -0.15) is 10.1 Å². The minimum atomic E-state index is -0.384. The van der Waals surface area contributed by atoms with Crippen LogP contribution in [0.1, 0.15) is 41.1 Å². The summed E-state index contributed by atoms with van der Waals surface area (Å²) in [6.07, 6.45) is 5.55. The molecule has 1 aliphatic heterocycles. The van der Waals surface area contributed by atoms with E-state index in [-0.39, 0.29) is 11.9 Å². The van der Waals surface area contributed by atoms with Gasteiger partial charge in [0.1, 0.15) is 6.04 Å². The first-order valence-corrected chi connectivity index (χ1v) is 9.46. The summed E-state index contributed by atoms with van der Waals surface area (Å²) in [6.45, 7) is 3.45. The van der Waals surface area contributed by atoms with Crippen LogP contribution in [0.5, 0.6) is 0 Å². The van der Waals surface area contributed by atoms with Crippen LogP contribution < -0.4 is 0 Å². The smallest absolute Gasteiger partial charge is 0.261 e. The second-order valence-electron chi connectivity index (χ2n) is 6.90. The first-order chi connectivity index (χ1) is 13.7. The molecular weight excluding hydrogens is 358 g/mol. The number of benzene rings is 1. The SMILES string of the molecule is CCCc1ccc(C(=O)N2CCOCC2c2noc(-c3cnn(C)c3)n2)cc1. The number of aromatic nitrogens is 4. The van der Waals surface area contributed by atoms with E-state index in [4.69, 9.17) is 9.26 Å². The van der Waals surface area contributed by atoms with Gasteiger partial charge in [0, 0.05) is 25.4 Å². The molecule has 2 aromatic heterocycles. The highest BCUT2D eigenvalue weighted by Gasteiger charge is 2.33. The van der Waals surface area contributed by atoms with Gasteiger partial charge in [-0.25, -0.2) is 0 Å². The van der Waals surface area contributed by atoms with Gasteiger partial charge in [-0.05, 0) is 24.1 Å². The fraction of sp³-hybridized carbons (Fsp3) is 0.400. The van der Waals surface area contributed by atoms with Crippen molar-refractivity contribution in [3.63, 3.8) is 0 Å². The van der Waals surface area contributed by atoms with E-state index in [0.717, 1.165) is 18.4 Å². The van der Waals surface area contributed by atoms with Gasteiger partial charge in [-0.15, -0.1) is 0 Å². The van der Waals surface area contributed by atoms with E-state index in [1.54, 1.807) is 22.0 Å². The molecule has 0 aliphatic carbocycles. The Morgan fingerprint density at radius 2 is 2.11 bits per heavy atom. The molecule has 0 bridgehead atoms. The van der Waals surface area contributed by atoms with E-state index in [9.17, 15) is 4.79 Å². The highest BCUT2D eigenvalue weighted by Crippen LogP contribution is 2.26. The molecule has 1 amide bonds. The number of ether oxygens (including phenoxy) is 1. The number of amides is 1. The minimum absolute atomic E-state index is 0.0518. The van der Waals surface area contributed by atoms with Crippen molar-refractivity contribution in [2.45, 2.75) is 25.8 Å². The van der Waals surface area contributed by atoms with Crippen molar-refractivity contribution in [1.29, 1.82) is 0 Å². The van der Waals surface area contributed by atoms with E-state index in [0.29, 0.717) is 37.0 Å². The summed E-state index contributed by atoms with van der Waals surface area (Å²) in [5.74, 6) is 0.767. The van der Waals surface area contributed by atoms with Gasteiger partial charge < -0.3 is 14.2 Å². The van der Waals surface area contributed by atoms with Crippen LogP contribution in [0.25, 0.3) is 11.5 Å². The Hall–Kier alpha value is -3.00. The average molecular weight is 381 g/mol. The van der Waals surface area contributed by atoms with Crippen LogP contribution in [-0.2, 0) is 18.2 Å². The number of rotatable bonds is 5. The molecular formula is C20H23N5O3. The van der Waals surface area contributed by atoms with Crippen LogP contribution in [0.3, 0.4) is 0 Å². The molecule has 0 saturated carbocycles. The first-order valence-electron chi connectivity index (χ1n) is 9.46. The van der Waals surface area contributed by atoms with E-state index < -0.39 is 0 Å². The second-order valence-corrected chi connectivity index (χ2v) is 6.90. The summed E-state index contributed by atoms with van der Waals surface area (Å²) in [4.78, 5) is 19.3. The fourth-order valence-corrected chi connectivity index (χ4v) is 3.35. The highest BCUT2D eigenvalue weighted by molar-refractivity contribution is 5.94. The molecule has 28 heavy (non-hydrogen) atoms. The molecule has 8 heteroatoms. The molecule has 1 atom stereocenters. The van der Waals surface area contributed by atoms with Crippen molar-refractivity contribution in [1.82, 2.24) is 24.8 Å². The molecule has 1 saturated heterocycles. The zero-order valence-corrected chi connectivity index (χ0v) is 16.0. The van der Waals surface area contributed by atoms with Gasteiger partial charge in [-0.3, -0.25) is 9.48 Å². The molecule has 1 aromatic carbocycles. The van der Waals surface area contributed by atoms with Crippen molar-refractivity contribution < 1.29 is 14.1 Å². The number of hydrogen-bond donors (Lipinski definition) is 0. The number of nitrogens with zero attached hydrogens (tertiary/aromatic N) is 5. The zero-order chi connectivity index (χ0) is 19.5. The van der Waals surface area contributed by atoms with Crippen LogP contribution in [-0.4, -0.2) is 50.5 Å². The third-order valence-corrected chi connectivity index (χ3v) is 4.82. The average Bonchev–Trinajstić information content (AvgIpc) is 3.37. The predicted octanol–water partition coefficient (Wildman–Crippen LogP) is 2.64. The van der Waals surface area contributed by atoms with Crippen LogP contribution in [0, 0.1) is 0 Å². The maximum atomic E-state index is 13.1. The van der Waals surface area contributed by atoms with Crippen molar-refractivity contribution in [3.8, 4) is 11.5 Å². The van der Waals surface area contributed by atoms with Crippen LogP contribution in [0.4, 0.5) is 0 Å². The van der Waals surface area contributed by atoms with Crippen LogP contribution in [0.15, 0.2) is 41.2 Å². The van der Waals surface area contributed by atoms with Gasteiger partial charge >= 0.3 is 0 Å². The van der Waals surface area contributed by atoms with Gasteiger partial charge in [0.25, 0.3) is 11.8 Å². The maximum absolute atomic E-state index is 13.1. The van der Waals surface area contributed by atoms with Gasteiger partial charge in [-0.1, -0.05) is 30.6 Å². The molecule has 1 aliphatic rings. The molecule has 0 radical (unpaired) electrons. The molecule has 146 valence electrons. The first kappa shape index (κ1) is 18.4. The van der Waals surface area contributed by atoms with E-state index in [2.05, 4.69) is 22.2 Å². The molecule has 1 unspecified atom stereocenters. The summed E-state index contributed by atoms with van der Waals surface area (Å²) in [7, 11) is 1.82. The summed E-state index contributed by atoms with van der Waals surface area (Å²) < 4.78 is 12.6. The number of hydrogen-bond acceptors (Lipinski definition) is 6. The van der Waals surface area contributed by atoms with Crippen molar-refractivity contribution in [3.05, 3.63) is 53.6 Å². The van der Waals surface area contributed by atoms with Crippen molar-refractivity contribution in [2.24, 2.45) is 7.05 Å². The Kier molecular flexibility index (Phi) is 5.21. The molecule has 0 spiro atoms. The Bertz CT molecular complexity index is 947. The lowest BCUT2D eigenvalue weighted by atomic mass is 10.1. The summed E-state index contributed by atoms with van der Waals surface area (Å²) in [6, 6.07) is 7.42. The number of carbonyl (C=O) groups is 1. The minimum Gasteiger partial charge on any atom is -0.377 e. The van der Waals surface area contributed by atoms with Gasteiger partial charge in [0.05, 0.1) is 25.0 Å². The highest BCUT2D eigenvalue weighted by atomic mass is 16.5. The van der Waals surface area contributed by atoms with Crippen molar-refractivity contribution in [2.75, 3.05) is 19.8 Å². The predicted molar refractivity (Wildman–Crippen MR) is 102 cm³/mol. The van der Waals surface area contributed by atoms with E-state index in [1.807, 2.05) is 31.3 Å². The molecule has 4 rings (SSSR count). The molecule has 3 heterocycles. The molecule has 0 N–H and O–H groups in total. The molecule has 1 fully saturated rings. The lowest BCUT2D eigenvalue weighted by Gasteiger charge is -2.33. The molecule has 8 nitrogen and oxygen atoms in total. The number of morpholine rings is 1. The van der Waals surface area contributed by atoms with Crippen molar-refractivity contribution >= 4 is 5.91 Å². The number of carbonyl (C=O) groups excluding carboxylic acids is 1. The summed E-state index contributed by atoms with van der Waals surface area (Å²) in [5, 5.41) is 8.21. The largest absolute Gasteiger partial charge is 0.377 e. The lowest BCUT2D eigenvalue weighted by molar-refractivity contribution is -0.00576. The number of aryl methyl sites for hydroxylation is 2. The Morgan fingerprint density at radius 1 is 1.29 bits per heavy atom. The standard InChI is InChI=1S/C20H23N5O3/c1-3-4-14-5-7-15(8-6-14)20(26)25-9-10-27-13-17(25)18-22-19(28-23-18)16-11-21-24(2)12-16/h5-8,11-12,17H,3-4,9-10,13H2,1-2H3. The Balaban J connectivity index is 1.56. The summed E-state index contributed by atoms with van der Waals surface area (Å²) in [5.41, 5.74) is 2.63. The van der Waals surface area contributed by atoms with Gasteiger partial charge in [0.15, 0.2) is 5.82 Å². The molecule has 3 aromatic rings. The second kappa shape index (κ2) is 7.93. The fourth-order valence-electron chi connectivity index (χ4n) is 3.35. The lowest BCUT2D eigenvalue weighted by Crippen LogP contribution is -2.43. The quantitative estimate of drug-likeness (QED) is 0.675. The van der Waals surface area contributed by atoms with Crippen LogP contribution in [0.2, 0.25) is 0 Å². The Labute approximate surface area is 163 Å². The third-order valence-electron chi connectivity index (χ3n) is 4.82. The zero-order valence-electron chi connectivity index (χ0n) is 16.0. The van der Waals surface area contributed by atoms with E-state index in [1.165, 1.54) is 5.56 Å². The topological polar surface area (TPSA) is 86.3 Å². The van der Waals surface area contributed by atoms with E-state index >= 15 is 0 Å².